The molecule has 4 nitrogen and oxygen atoms in total. The lowest BCUT2D eigenvalue weighted by molar-refractivity contribution is -0.131. The molecule has 0 fully saturated rings. The topological polar surface area (TPSA) is 56.3 Å². The molecule has 2 N–H and O–H groups in total. The van der Waals surface area contributed by atoms with Crippen molar-refractivity contribution < 1.29 is 18.7 Å². The Bertz CT molecular complexity index is 1200. The molecule has 1 aromatic heterocycles. The van der Waals surface area contributed by atoms with E-state index in [0.717, 1.165) is 47.5 Å². The number of hydrogen-bond donors (Lipinski definition) is 2. The third kappa shape index (κ3) is 3.77. The Balaban J connectivity index is 1.90. The summed E-state index contributed by atoms with van der Waals surface area (Å²) in [6, 6.07) is 10.3. The number of fused-ring (bicyclic) bond motifs is 3. The number of H-pyrrole nitrogens is 1. The van der Waals surface area contributed by atoms with E-state index in [9.17, 15) is 4.79 Å². The smallest absolute Gasteiger partial charge is 0.328 e. The van der Waals surface area contributed by atoms with Gasteiger partial charge in [-0.25, -0.2) is 13.6 Å². The van der Waals surface area contributed by atoms with Crippen molar-refractivity contribution in [3.8, 4) is 0 Å². The second-order valence-electron chi connectivity index (χ2n) is 8.30. The zero-order valence-corrected chi connectivity index (χ0v) is 18.0. The van der Waals surface area contributed by atoms with E-state index < -0.39 is 23.0 Å². The molecule has 0 unspecified atom stereocenters. The Morgan fingerprint density at radius 2 is 2.00 bits per heavy atom. The summed E-state index contributed by atoms with van der Waals surface area (Å²) in [5.41, 5.74) is 1.92. The lowest BCUT2D eigenvalue weighted by Gasteiger charge is -2.46. The number of aromatic amines is 1. The fraction of sp³-hybridized carbons (Fsp3) is 0.240. The Hall–Kier alpha value is -3.19. The molecule has 1 aliphatic heterocycles. The van der Waals surface area contributed by atoms with Crippen LogP contribution in [0.3, 0.4) is 0 Å². The van der Waals surface area contributed by atoms with Gasteiger partial charge in [-0.2, -0.15) is 0 Å². The summed E-state index contributed by atoms with van der Waals surface area (Å²) in [5.74, 6) is -2.57. The van der Waals surface area contributed by atoms with Gasteiger partial charge in [-0.05, 0) is 61.2 Å². The first-order chi connectivity index (χ1) is 15.4. The van der Waals surface area contributed by atoms with Gasteiger partial charge >= 0.3 is 5.97 Å². The molecule has 1 aliphatic rings. The molecule has 0 aliphatic carbocycles. The summed E-state index contributed by atoms with van der Waals surface area (Å²) < 4.78 is 31.0. The molecule has 0 spiro atoms. The number of benzene rings is 2. The maximum atomic E-state index is 15.5. The van der Waals surface area contributed by atoms with Crippen molar-refractivity contribution >= 4 is 30.8 Å². The Morgan fingerprint density at radius 1 is 1.28 bits per heavy atom. The largest absolute Gasteiger partial charge is 0.478 e. The molecule has 2 aromatic carbocycles. The number of para-hydroxylation sites is 1. The first-order valence-electron chi connectivity index (χ1n) is 10.7. The van der Waals surface area contributed by atoms with Crippen molar-refractivity contribution in [1.82, 2.24) is 9.88 Å². The summed E-state index contributed by atoms with van der Waals surface area (Å²) in [7, 11) is 1.86. The molecule has 4 rings (SSSR count). The van der Waals surface area contributed by atoms with E-state index in [-0.39, 0.29) is 11.1 Å². The zero-order valence-electron chi connectivity index (χ0n) is 18.0. The van der Waals surface area contributed by atoms with Crippen LogP contribution in [0, 0.1) is 11.6 Å². The summed E-state index contributed by atoms with van der Waals surface area (Å²) in [5, 5.41) is 9.91. The van der Waals surface area contributed by atoms with Gasteiger partial charge < -0.3 is 10.1 Å². The van der Waals surface area contributed by atoms with Crippen LogP contribution in [0.15, 0.2) is 55.1 Å². The van der Waals surface area contributed by atoms with E-state index in [1.807, 2.05) is 38.2 Å². The molecule has 164 valence electrons. The number of halogens is 2. The van der Waals surface area contributed by atoms with Crippen molar-refractivity contribution in [2.24, 2.45) is 0 Å². The predicted octanol–water partition coefficient (Wildman–Crippen LogP) is 4.20. The van der Waals surface area contributed by atoms with Crippen LogP contribution in [0.4, 0.5) is 8.78 Å². The van der Waals surface area contributed by atoms with Crippen LogP contribution in [-0.4, -0.2) is 41.9 Å². The Morgan fingerprint density at radius 3 is 2.69 bits per heavy atom. The van der Waals surface area contributed by atoms with E-state index >= 15 is 8.78 Å². The van der Waals surface area contributed by atoms with Gasteiger partial charge in [0.1, 0.15) is 19.5 Å². The Kier molecular flexibility index (Phi) is 6.02. The van der Waals surface area contributed by atoms with Gasteiger partial charge in [-0.1, -0.05) is 24.3 Å². The molecule has 0 bridgehead atoms. The van der Waals surface area contributed by atoms with Crippen molar-refractivity contribution in [2.45, 2.75) is 24.7 Å². The van der Waals surface area contributed by atoms with E-state index in [1.165, 1.54) is 18.2 Å². The average Bonchev–Trinajstić information content (AvgIpc) is 3.14. The van der Waals surface area contributed by atoms with Gasteiger partial charge in [-0.3, -0.25) is 4.90 Å². The fourth-order valence-corrected chi connectivity index (χ4v) is 4.87. The molecule has 0 saturated heterocycles. The van der Waals surface area contributed by atoms with Crippen LogP contribution in [0.2, 0.25) is 0 Å². The lowest BCUT2D eigenvalue weighted by atomic mass is 9.64. The van der Waals surface area contributed by atoms with Crippen molar-refractivity contribution in [1.29, 1.82) is 0 Å². The van der Waals surface area contributed by atoms with Crippen LogP contribution in [0.1, 0.15) is 35.2 Å². The van der Waals surface area contributed by atoms with Crippen LogP contribution in [0.25, 0.3) is 17.0 Å². The molecule has 0 amide bonds. The number of hydrogen-bond acceptors (Lipinski definition) is 2. The monoisotopic (exact) mass is 434 g/mol. The van der Waals surface area contributed by atoms with Gasteiger partial charge in [0.05, 0.1) is 5.44 Å². The molecular weight excluding hydrogens is 409 g/mol. The van der Waals surface area contributed by atoms with Gasteiger partial charge in [0, 0.05) is 34.8 Å². The second-order valence-corrected chi connectivity index (χ2v) is 8.30. The van der Waals surface area contributed by atoms with Crippen molar-refractivity contribution in [3.63, 3.8) is 0 Å². The number of unbranched alkanes of at least 4 members (excludes halogenated alkanes) is 1. The number of carbonyl (C=O) groups is 1. The molecular formula is C25H25BF2N2O2. The number of rotatable bonds is 7. The summed E-state index contributed by atoms with van der Waals surface area (Å²) in [4.78, 5) is 16.4. The third-order valence-electron chi connectivity index (χ3n) is 6.37. The van der Waals surface area contributed by atoms with E-state index in [4.69, 9.17) is 5.11 Å². The maximum Gasteiger partial charge on any atom is 0.328 e. The van der Waals surface area contributed by atoms with Gasteiger partial charge in [0.15, 0.2) is 0 Å². The summed E-state index contributed by atoms with van der Waals surface area (Å²) in [6.45, 7) is 5.11. The number of aromatic nitrogens is 1. The maximum absolute atomic E-state index is 15.5. The molecule has 32 heavy (non-hydrogen) atoms. The number of carboxylic acid groups (broad SMARTS) is 1. The highest BCUT2D eigenvalue weighted by molar-refractivity contribution is 6.18. The van der Waals surface area contributed by atoms with Crippen molar-refractivity contribution in [3.05, 3.63) is 89.1 Å². The minimum Gasteiger partial charge on any atom is -0.478 e. The van der Waals surface area contributed by atoms with Crippen LogP contribution >= 0.6 is 0 Å². The first-order valence-corrected chi connectivity index (χ1v) is 10.7. The van der Waals surface area contributed by atoms with Gasteiger partial charge in [-0.15, -0.1) is 6.58 Å². The summed E-state index contributed by atoms with van der Waals surface area (Å²) in [6.07, 6.45) is 6.34. The fourth-order valence-electron chi connectivity index (χ4n) is 4.87. The van der Waals surface area contributed by atoms with Crippen LogP contribution in [-0.2, 0) is 16.7 Å². The second kappa shape index (κ2) is 8.75. The normalized spacial score (nSPS) is 18.8. The van der Waals surface area contributed by atoms with Crippen LogP contribution < -0.4 is 0 Å². The average molecular weight is 434 g/mol. The molecule has 3 aromatic rings. The van der Waals surface area contributed by atoms with Crippen molar-refractivity contribution in [2.75, 3.05) is 13.1 Å². The number of aliphatic carboxylic acids is 1. The van der Waals surface area contributed by atoms with E-state index in [0.29, 0.717) is 13.1 Å². The SMILES string of the molecule is B[C@@]1(c2c(F)cc(/C=C/C(=O)O)cc2F)c2[nH]c3ccccc3c2CCN1CCCC=C. The quantitative estimate of drug-likeness (QED) is 0.254. The van der Waals surface area contributed by atoms with E-state index in [1.54, 1.807) is 0 Å². The number of carboxylic acids is 1. The first kappa shape index (κ1) is 22.0. The van der Waals surface area contributed by atoms with Gasteiger partial charge in [0.2, 0.25) is 0 Å². The highest BCUT2D eigenvalue weighted by Gasteiger charge is 2.45. The Labute approximate surface area is 186 Å². The predicted molar refractivity (Wildman–Crippen MR) is 125 cm³/mol. The molecule has 2 heterocycles. The minimum atomic E-state index is -1.18. The van der Waals surface area contributed by atoms with Gasteiger partial charge in [0.25, 0.3) is 0 Å². The summed E-state index contributed by atoms with van der Waals surface area (Å²) >= 11 is 0. The zero-order chi connectivity index (χ0) is 22.9. The van der Waals surface area contributed by atoms with Crippen LogP contribution in [0.5, 0.6) is 0 Å². The minimum absolute atomic E-state index is 0.0314. The number of nitrogens with one attached hydrogen (secondary N) is 1. The molecule has 0 radical (unpaired) electrons. The standard InChI is InChI=1S/C25H25BF2N2O2/c1-2-3-6-12-30-13-11-18-17-7-4-5-8-21(17)29-24(18)25(30,26)23-19(27)14-16(15-20(23)28)9-10-22(31)32/h2,4-5,7-10,14-15,29H,1,3,6,11-13,26H2,(H,31,32)/b10-9+/t25-/m1/s1. The molecule has 1 atom stereocenters. The molecule has 7 heteroatoms. The highest BCUT2D eigenvalue weighted by atomic mass is 19.1. The number of nitrogens with zero attached hydrogens (tertiary/aromatic N) is 1. The van der Waals surface area contributed by atoms with E-state index in [2.05, 4.69) is 16.5 Å². The highest BCUT2D eigenvalue weighted by Crippen LogP contribution is 2.43. The molecule has 0 saturated carbocycles. The third-order valence-corrected chi connectivity index (χ3v) is 6.37. The lowest BCUT2D eigenvalue weighted by Crippen LogP contribution is -2.53. The number of allylic oxidation sites excluding steroid dienone is 1.